The number of hydrogen-bond donors (Lipinski definition) is 0. The molecule has 9 aromatic rings. The molecule has 0 atom stereocenters. The zero-order chi connectivity index (χ0) is 37.9. The molecule has 58 heavy (non-hydrogen) atoms. The minimum Gasteiger partial charge on any atom is -0.256 e. The van der Waals surface area contributed by atoms with Gasteiger partial charge in [-0.05, 0) is 76.9 Å². The van der Waals surface area contributed by atoms with Crippen molar-refractivity contribution in [2.45, 2.75) is 0 Å². The van der Waals surface area contributed by atoms with Crippen LogP contribution in [0, 0.1) is 20.9 Å². The molecule has 0 unspecified atom stereocenters. The molecular formula is C53H29N5. The number of rotatable bonds is 4. The Labute approximate surface area is 331 Å². The minimum atomic E-state index is 0.876. The molecule has 0 aliphatic carbocycles. The summed E-state index contributed by atoms with van der Waals surface area (Å²) < 4.78 is 0. The molecule has 0 radical (unpaired) electrons. The molecule has 5 nitrogen and oxygen atoms in total. The van der Waals surface area contributed by atoms with E-state index < -0.39 is 0 Å². The molecule has 0 saturated carbocycles. The Morgan fingerprint density at radius 2 is 0.776 bits per heavy atom. The Balaban J connectivity index is 1.17. The molecule has 0 saturated heterocycles. The van der Waals surface area contributed by atoms with E-state index in [1.165, 1.54) is 0 Å². The lowest BCUT2D eigenvalue weighted by molar-refractivity contribution is 1.32. The van der Waals surface area contributed by atoms with E-state index in [1.807, 2.05) is 6.20 Å². The first-order valence-corrected chi connectivity index (χ1v) is 19.6. The predicted molar refractivity (Wildman–Crippen MR) is 228 cm³/mol. The highest BCUT2D eigenvalue weighted by atomic mass is 14.8. The van der Waals surface area contributed by atoms with Gasteiger partial charge in [0.2, 0.25) is 0 Å². The molecule has 0 amide bonds. The number of aromatic nitrogens is 1. The first-order valence-electron chi connectivity index (χ1n) is 19.6. The number of hydrogen-bond acceptors (Lipinski definition) is 5. The summed E-state index contributed by atoms with van der Waals surface area (Å²) >= 11 is 0. The van der Waals surface area contributed by atoms with E-state index in [0.29, 0.717) is 0 Å². The van der Waals surface area contributed by atoms with Crippen LogP contribution in [0.5, 0.6) is 0 Å². The average molecular weight is 736 g/mol. The highest BCUT2D eigenvalue weighted by Gasteiger charge is 2.32. The second-order valence-electron chi connectivity index (χ2n) is 15.1. The number of nitrogens with zero attached hydrogens (tertiary/aromatic N) is 5. The summed E-state index contributed by atoms with van der Waals surface area (Å²) in [5.41, 5.74) is 16.4. The van der Waals surface area contributed by atoms with Gasteiger partial charge in [0.25, 0.3) is 0 Å². The Morgan fingerprint density at radius 1 is 0.276 bits per heavy atom. The fourth-order valence-corrected chi connectivity index (χ4v) is 9.53. The van der Waals surface area contributed by atoms with E-state index >= 15 is 0 Å². The van der Waals surface area contributed by atoms with Gasteiger partial charge >= 0.3 is 0 Å². The van der Waals surface area contributed by atoms with Crippen LogP contribution in [0.25, 0.3) is 66.9 Å². The van der Waals surface area contributed by atoms with E-state index in [4.69, 9.17) is 25.0 Å². The van der Waals surface area contributed by atoms with Crippen molar-refractivity contribution >= 4 is 22.7 Å². The van der Waals surface area contributed by atoms with Crippen LogP contribution in [0.1, 0.15) is 0 Å². The Morgan fingerprint density at radius 3 is 1.34 bits per heavy atom. The first kappa shape index (κ1) is 31.3. The Kier molecular flexibility index (Phi) is 6.38. The maximum atomic E-state index is 5.39. The molecule has 266 valence electrons. The van der Waals surface area contributed by atoms with E-state index in [2.05, 4.69) is 170 Å². The van der Waals surface area contributed by atoms with Crippen molar-refractivity contribution < 1.29 is 0 Å². The average Bonchev–Trinajstić information content (AvgIpc) is 4.06. The normalized spacial score (nSPS) is 12.7. The number of pyridine rings is 1. The SMILES string of the molecule is c1ccc(-c2ccc3c(c2-c2cccnc2-c2c(-c4ccccc4)ccc4c2-c2c5c(ccc2=N4)=c2ccccc2=N5)-c2c4c(ccc2=N3)=c2ccccc2=N4)cc1. The molecular weight excluding hydrogens is 707 g/mol. The Hall–Kier alpha value is -7.89. The molecule has 1 aromatic heterocycles. The van der Waals surface area contributed by atoms with Crippen LogP contribution >= 0.6 is 0 Å². The standard InChI is InChI=1S/C53H29N5/c1-3-12-30(13-4-1)32-21-25-41-47(49-43(55-41)27-23-36-34-16-7-9-19-39(34)57-52(36)49)45(32)38-18-11-29-54-51(38)46-33(31-14-5-2-6-15-31)22-26-42-48(46)50-44(56-42)28-24-37-35-17-8-10-20-40(35)58-53(37)50/h1-29H. The lowest BCUT2D eigenvalue weighted by Gasteiger charge is -2.22. The Bertz CT molecular complexity index is 3540. The lowest BCUT2D eigenvalue weighted by Crippen LogP contribution is -2.03. The zero-order valence-corrected chi connectivity index (χ0v) is 31.0. The van der Waals surface area contributed by atoms with Crippen molar-refractivity contribution in [1.29, 1.82) is 0 Å². The van der Waals surface area contributed by atoms with Crippen molar-refractivity contribution in [3.63, 3.8) is 0 Å². The lowest BCUT2D eigenvalue weighted by atomic mass is 9.82. The van der Waals surface area contributed by atoms with Gasteiger partial charge in [0.1, 0.15) is 0 Å². The maximum Gasteiger partial charge on any atom is 0.0817 e. The van der Waals surface area contributed by atoms with Gasteiger partial charge in [-0.15, -0.1) is 0 Å². The van der Waals surface area contributed by atoms with E-state index in [0.717, 1.165) is 132 Å². The number of fused-ring (bicyclic) bond motifs is 12. The van der Waals surface area contributed by atoms with Gasteiger partial charge in [-0.1, -0.05) is 115 Å². The third kappa shape index (κ3) is 4.33. The van der Waals surface area contributed by atoms with Crippen LogP contribution in [0.4, 0.5) is 22.7 Å². The largest absolute Gasteiger partial charge is 0.256 e. The van der Waals surface area contributed by atoms with E-state index in [-0.39, 0.29) is 0 Å². The molecule has 13 rings (SSSR count). The van der Waals surface area contributed by atoms with Crippen LogP contribution in [-0.4, -0.2) is 4.98 Å². The van der Waals surface area contributed by atoms with Gasteiger partial charge in [0.15, 0.2) is 0 Å². The van der Waals surface area contributed by atoms with Crippen LogP contribution in [0.15, 0.2) is 196 Å². The van der Waals surface area contributed by atoms with Gasteiger partial charge in [-0.25, -0.2) is 20.0 Å². The fourth-order valence-electron chi connectivity index (χ4n) is 9.53. The summed E-state index contributed by atoms with van der Waals surface area (Å²) in [7, 11) is 0. The molecule has 0 fully saturated rings. The first-order chi connectivity index (χ1) is 28.8. The van der Waals surface area contributed by atoms with Crippen LogP contribution in [-0.2, 0) is 0 Å². The highest BCUT2D eigenvalue weighted by Crippen LogP contribution is 2.54. The molecule has 8 aromatic carbocycles. The summed E-state index contributed by atoms with van der Waals surface area (Å²) in [6, 6.07) is 59.8. The topological polar surface area (TPSA) is 62.3 Å². The molecule has 4 aliphatic rings. The van der Waals surface area contributed by atoms with Gasteiger partial charge in [0.05, 0.1) is 49.9 Å². The van der Waals surface area contributed by atoms with Gasteiger partial charge < -0.3 is 0 Å². The van der Waals surface area contributed by atoms with Gasteiger partial charge in [-0.2, -0.15) is 0 Å². The second kappa shape index (κ2) is 11.8. The smallest absolute Gasteiger partial charge is 0.0817 e. The van der Waals surface area contributed by atoms with Crippen molar-refractivity contribution in [3.8, 4) is 66.9 Å². The van der Waals surface area contributed by atoms with Crippen LogP contribution < -0.4 is 21.4 Å². The van der Waals surface area contributed by atoms with Gasteiger partial charge in [-0.3, -0.25) is 4.98 Å². The molecule has 0 spiro atoms. The summed E-state index contributed by atoms with van der Waals surface area (Å²) in [4.78, 5) is 26.5. The fraction of sp³-hybridized carbons (Fsp3) is 0. The third-order valence-electron chi connectivity index (χ3n) is 12.0. The van der Waals surface area contributed by atoms with Crippen molar-refractivity contribution in [2.75, 3.05) is 0 Å². The molecule has 5 heterocycles. The molecule has 0 bridgehead atoms. The molecule has 5 heteroatoms. The summed E-state index contributed by atoms with van der Waals surface area (Å²) in [6.07, 6.45) is 1.92. The summed E-state index contributed by atoms with van der Waals surface area (Å²) in [6.45, 7) is 0. The highest BCUT2D eigenvalue weighted by molar-refractivity contribution is 6.10. The quantitative estimate of drug-likeness (QED) is 0.178. The summed E-state index contributed by atoms with van der Waals surface area (Å²) in [5, 5.41) is 8.35. The third-order valence-corrected chi connectivity index (χ3v) is 12.0. The number of para-hydroxylation sites is 2. The van der Waals surface area contributed by atoms with Gasteiger partial charge in [0, 0.05) is 66.0 Å². The van der Waals surface area contributed by atoms with Crippen molar-refractivity contribution in [2.24, 2.45) is 20.0 Å². The minimum absolute atomic E-state index is 0.876. The van der Waals surface area contributed by atoms with Crippen molar-refractivity contribution in [1.82, 2.24) is 4.98 Å². The van der Waals surface area contributed by atoms with Crippen molar-refractivity contribution in [3.05, 3.63) is 218 Å². The summed E-state index contributed by atoms with van der Waals surface area (Å²) in [5.74, 6) is 0. The van der Waals surface area contributed by atoms with E-state index in [9.17, 15) is 0 Å². The van der Waals surface area contributed by atoms with Crippen LogP contribution in [0.2, 0.25) is 0 Å². The number of benzene rings is 8. The predicted octanol–water partition coefficient (Wildman–Crippen LogP) is 10.7. The van der Waals surface area contributed by atoms with Crippen LogP contribution in [0.3, 0.4) is 0 Å². The molecule has 0 N–H and O–H groups in total. The van der Waals surface area contributed by atoms with E-state index in [1.54, 1.807) is 0 Å². The second-order valence-corrected chi connectivity index (χ2v) is 15.1. The maximum absolute atomic E-state index is 5.39. The monoisotopic (exact) mass is 735 g/mol. The molecule has 4 aliphatic heterocycles. The zero-order valence-electron chi connectivity index (χ0n) is 31.0.